The first-order chi connectivity index (χ1) is 8.79. The van der Waals surface area contributed by atoms with Crippen molar-refractivity contribution in [2.45, 2.75) is 26.3 Å². The predicted molar refractivity (Wildman–Crippen MR) is 75.6 cm³/mol. The summed E-state index contributed by atoms with van der Waals surface area (Å²) in [6.45, 7) is 5.56. The zero-order chi connectivity index (χ0) is 14.2. The number of amides is 1. The number of benzene rings is 1. The number of aromatic nitrogens is 1. The number of nitrogens with one attached hydrogen (secondary N) is 1. The van der Waals surface area contributed by atoms with Crippen LogP contribution in [0.5, 0.6) is 5.75 Å². The third-order valence-electron chi connectivity index (χ3n) is 2.54. The molecule has 0 saturated carbocycles. The molecule has 0 bridgehead atoms. The Kier molecular flexibility index (Phi) is 3.37. The quantitative estimate of drug-likeness (QED) is 0.788. The topological polar surface area (TPSA) is 62.2 Å². The molecule has 1 aromatic carbocycles. The van der Waals surface area contributed by atoms with Crippen molar-refractivity contribution in [2.75, 3.05) is 0 Å². The normalized spacial score (nSPS) is 11.6. The van der Waals surface area contributed by atoms with Gasteiger partial charge in [0.05, 0.1) is 0 Å². The first-order valence-corrected chi connectivity index (χ1v) is 6.27. The van der Waals surface area contributed by atoms with Crippen LogP contribution in [0.3, 0.4) is 0 Å². The lowest BCUT2D eigenvalue weighted by molar-refractivity contribution is 0.0912. The Morgan fingerprint density at radius 3 is 2.42 bits per heavy atom. The number of nitrogens with zero attached hydrogens (tertiary/aromatic N) is 1. The molecule has 2 rings (SSSR count). The highest BCUT2D eigenvalue weighted by Gasteiger charge is 2.22. The minimum atomic E-state index is -0.447. The van der Waals surface area contributed by atoms with Crippen molar-refractivity contribution < 1.29 is 9.90 Å². The molecule has 0 aliphatic rings. The molecule has 5 heteroatoms. The van der Waals surface area contributed by atoms with E-state index < -0.39 is 11.4 Å². The van der Waals surface area contributed by atoms with Crippen LogP contribution >= 0.6 is 11.6 Å². The Morgan fingerprint density at radius 1 is 1.26 bits per heavy atom. The number of rotatable bonds is 1. The molecule has 0 aliphatic carbocycles. The lowest BCUT2D eigenvalue weighted by Gasteiger charge is -2.20. The Bertz CT molecular complexity index is 648. The molecule has 0 radical (unpaired) electrons. The summed E-state index contributed by atoms with van der Waals surface area (Å²) in [5.41, 5.74) is -0.470. The van der Waals surface area contributed by atoms with E-state index >= 15 is 0 Å². The van der Waals surface area contributed by atoms with Crippen molar-refractivity contribution >= 4 is 28.3 Å². The molecule has 0 spiro atoms. The molecule has 0 unspecified atom stereocenters. The number of hydrogen-bond acceptors (Lipinski definition) is 3. The Hall–Kier alpha value is -1.81. The zero-order valence-electron chi connectivity index (χ0n) is 11.0. The fourth-order valence-corrected chi connectivity index (χ4v) is 2.02. The van der Waals surface area contributed by atoms with Crippen LogP contribution in [-0.2, 0) is 0 Å². The molecule has 1 heterocycles. The maximum Gasteiger partial charge on any atom is 0.274 e. The summed E-state index contributed by atoms with van der Waals surface area (Å²) >= 11 is 6.05. The van der Waals surface area contributed by atoms with Gasteiger partial charge in [-0.25, -0.2) is 4.98 Å². The zero-order valence-corrected chi connectivity index (χ0v) is 11.7. The van der Waals surface area contributed by atoms with Crippen molar-refractivity contribution in [1.82, 2.24) is 10.3 Å². The van der Waals surface area contributed by atoms with Gasteiger partial charge in [-0.15, -0.1) is 0 Å². The van der Waals surface area contributed by atoms with Gasteiger partial charge in [-0.2, -0.15) is 0 Å². The molecular weight excluding hydrogens is 264 g/mol. The molecule has 0 atom stereocenters. The first kappa shape index (κ1) is 13.6. The van der Waals surface area contributed by atoms with Crippen molar-refractivity contribution in [3.8, 4) is 5.75 Å². The minimum absolute atomic E-state index is 0.0568. The Morgan fingerprint density at radius 2 is 1.84 bits per heavy atom. The van der Waals surface area contributed by atoms with Gasteiger partial charge >= 0.3 is 0 Å². The third kappa shape index (κ3) is 2.79. The summed E-state index contributed by atoms with van der Waals surface area (Å²) in [6.07, 6.45) is 0. The van der Waals surface area contributed by atoms with Crippen LogP contribution in [0.1, 0.15) is 31.3 Å². The molecule has 19 heavy (non-hydrogen) atoms. The fraction of sp³-hybridized carbons (Fsp3) is 0.286. The van der Waals surface area contributed by atoms with Gasteiger partial charge < -0.3 is 10.4 Å². The average Bonchev–Trinajstić information content (AvgIpc) is 2.31. The van der Waals surface area contributed by atoms with Crippen LogP contribution < -0.4 is 5.32 Å². The van der Waals surface area contributed by atoms with Gasteiger partial charge in [0.2, 0.25) is 0 Å². The summed E-state index contributed by atoms with van der Waals surface area (Å²) in [4.78, 5) is 16.1. The Labute approximate surface area is 116 Å². The smallest absolute Gasteiger partial charge is 0.274 e. The predicted octanol–water partition coefficient (Wildman–Crippen LogP) is 3.12. The maximum absolute atomic E-state index is 12.1. The largest absolute Gasteiger partial charge is 0.505 e. The standard InChI is InChI=1S/C14H15ClN2O2/c1-14(2,3)17-13(19)10-11(18)8-6-4-5-7-9(8)12(15)16-10/h4-7,18H,1-3H3,(H,17,19). The van der Waals surface area contributed by atoms with E-state index in [9.17, 15) is 9.90 Å². The highest BCUT2D eigenvalue weighted by molar-refractivity contribution is 6.34. The molecule has 1 aromatic heterocycles. The van der Waals surface area contributed by atoms with E-state index in [-0.39, 0.29) is 16.6 Å². The molecule has 2 N–H and O–H groups in total. The van der Waals surface area contributed by atoms with Crippen molar-refractivity contribution in [2.24, 2.45) is 0 Å². The number of aromatic hydroxyl groups is 1. The van der Waals surface area contributed by atoms with Gasteiger partial charge in [-0.3, -0.25) is 4.79 Å². The van der Waals surface area contributed by atoms with Crippen LogP contribution in [0.15, 0.2) is 24.3 Å². The highest BCUT2D eigenvalue weighted by atomic mass is 35.5. The molecule has 0 fully saturated rings. The van der Waals surface area contributed by atoms with E-state index in [4.69, 9.17) is 11.6 Å². The molecule has 0 saturated heterocycles. The molecule has 100 valence electrons. The number of hydrogen-bond donors (Lipinski definition) is 2. The monoisotopic (exact) mass is 278 g/mol. The number of halogens is 1. The van der Waals surface area contributed by atoms with Crippen LogP contribution in [0.4, 0.5) is 0 Å². The molecule has 1 amide bonds. The van der Waals surface area contributed by atoms with Crippen molar-refractivity contribution in [1.29, 1.82) is 0 Å². The van der Waals surface area contributed by atoms with Crippen LogP contribution in [0.25, 0.3) is 10.8 Å². The maximum atomic E-state index is 12.1. The number of fused-ring (bicyclic) bond motifs is 1. The van der Waals surface area contributed by atoms with Crippen LogP contribution in [0, 0.1) is 0 Å². The average molecular weight is 279 g/mol. The van der Waals surface area contributed by atoms with Crippen LogP contribution in [0.2, 0.25) is 5.15 Å². The number of carbonyl (C=O) groups excluding carboxylic acids is 1. The molecule has 2 aromatic rings. The lowest BCUT2D eigenvalue weighted by atomic mass is 10.1. The summed E-state index contributed by atoms with van der Waals surface area (Å²) in [7, 11) is 0. The summed E-state index contributed by atoms with van der Waals surface area (Å²) < 4.78 is 0. The number of pyridine rings is 1. The van der Waals surface area contributed by atoms with Gasteiger partial charge in [0, 0.05) is 16.3 Å². The van der Waals surface area contributed by atoms with E-state index in [0.29, 0.717) is 10.8 Å². The van der Waals surface area contributed by atoms with Gasteiger partial charge in [-0.05, 0) is 20.8 Å². The van der Waals surface area contributed by atoms with E-state index in [1.165, 1.54) is 0 Å². The molecular formula is C14H15ClN2O2. The second kappa shape index (κ2) is 4.70. The van der Waals surface area contributed by atoms with E-state index in [0.717, 1.165) is 0 Å². The second-order valence-corrected chi connectivity index (χ2v) is 5.71. The van der Waals surface area contributed by atoms with Crippen molar-refractivity contribution in [3.63, 3.8) is 0 Å². The van der Waals surface area contributed by atoms with Gasteiger partial charge in [0.25, 0.3) is 5.91 Å². The van der Waals surface area contributed by atoms with Gasteiger partial charge in [0.15, 0.2) is 11.4 Å². The SMILES string of the molecule is CC(C)(C)NC(=O)c1nc(Cl)c2ccccc2c1O. The Balaban J connectivity index is 2.56. The number of carbonyl (C=O) groups is 1. The summed E-state index contributed by atoms with van der Waals surface area (Å²) in [6, 6.07) is 7.01. The third-order valence-corrected chi connectivity index (χ3v) is 2.83. The minimum Gasteiger partial charge on any atom is -0.505 e. The molecule has 0 aliphatic heterocycles. The second-order valence-electron chi connectivity index (χ2n) is 5.35. The lowest BCUT2D eigenvalue weighted by Crippen LogP contribution is -2.41. The fourth-order valence-electron chi connectivity index (χ4n) is 1.77. The molecule has 4 nitrogen and oxygen atoms in total. The first-order valence-electron chi connectivity index (χ1n) is 5.89. The van der Waals surface area contributed by atoms with Gasteiger partial charge in [-0.1, -0.05) is 35.9 Å². The van der Waals surface area contributed by atoms with Crippen LogP contribution in [-0.4, -0.2) is 21.5 Å². The summed E-state index contributed by atoms with van der Waals surface area (Å²) in [5.74, 6) is -0.598. The summed E-state index contributed by atoms with van der Waals surface area (Å²) in [5, 5.41) is 14.2. The van der Waals surface area contributed by atoms with Crippen molar-refractivity contribution in [3.05, 3.63) is 35.1 Å². The van der Waals surface area contributed by atoms with E-state index in [1.54, 1.807) is 24.3 Å². The van der Waals surface area contributed by atoms with Gasteiger partial charge in [0.1, 0.15) is 5.15 Å². The van der Waals surface area contributed by atoms with E-state index in [2.05, 4.69) is 10.3 Å². The van der Waals surface area contributed by atoms with E-state index in [1.807, 2.05) is 20.8 Å². The highest BCUT2D eigenvalue weighted by Crippen LogP contribution is 2.31.